The highest BCUT2D eigenvalue weighted by atomic mass is 16.1. The fraction of sp³-hybridized carbons (Fsp3) is 0.900. The first-order valence-corrected chi connectivity index (χ1v) is 5.33. The summed E-state index contributed by atoms with van der Waals surface area (Å²) in [6.45, 7) is 4.32. The molecule has 74 valence electrons. The SMILES string of the molecule is CCCCC(=O)NC1C2CNCC21. The number of carbonyl (C=O) groups excluding carboxylic acids is 1. The lowest BCUT2D eigenvalue weighted by Crippen LogP contribution is -2.32. The van der Waals surface area contributed by atoms with E-state index in [1.807, 2.05) is 0 Å². The zero-order chi connectivity index (χ0) is 9.26. The maximum atomic E-state index is 11.4. The first-order chi connectivity index (χ1) is 6.33. The normalized spacial score (nSPS) is 35.6. The third kappa shape index (κ3) is 1.85. The minimum atomic E-state index is 0.251. The van der Waals surface area contributed by atoms with Gasteiger partial charge in [0, 0.05) is 25.6 Å². The number of hydrogen-bond donors (Lipinski definition) is 2. The molecule has 0 aromatic heterocycles. The van der Waals surface area contributed by atoms with Crippen molar-refractivity contribution in [3.63, 3.8) is 0 Å². The van der Waals surface area contributed by atoms with Crippen LogP contribution >= 0.6 is 0 Å². The van der Waals surface area contributed by atoms with Gasteiger partial charge < -0.3 is 10.6 Å². The van der Waals surface area contributed by atoms with Gasteiger partial charge in [-0.2, -0.15) is 0 Å². The van der Waals surface area contributed by atoms with Crippen molar-refractivity contribution >= 4 is 5.91 Å². The Bertz CT molecular complexity index is 195. The predicted molar refractivity (Wildman–Crippen MR) is 51.3 cm³/mol. The lowest BCUT2D eigenvalue weighted by atomic mass is 10.2. The lowest BCUT2D eigenvalue weighted by molar-refractivity contribution is -0.121. The van der Waals surface area contributed by atoms with Crippen molar-refractivity contribution in [3.05, 3.63) is 0 Å². The predicted octanol–water partition coefficient (Wildman–Crippen LogP) is 0.511. The van der Waals surface area contributed by atoms with Crippen LogP contribution < -0.4 is 10.6 Å². The van der Waals surface area contributed by atoms with E-state index in [0.29, 0.717) is 12.5 Å². The Morgan fingerprint density at radius 3 is 2.77 bits per heavy atom. The molecule has 0 spiro atoms. The number of carbonyl (C=O) groups is 1. The molecule has 3 heteroatoms. The van der Waals surface area contributed by atoms with Crippen LogP contribution in [0.15, 0.2) is 0 Å². The standard InChI is InChI=1S/C10H18N2O/c1-2-3-4-9(13)12-10-7-5-11-6-8(7)10/h7-8,10-11H,2-6H2,1H3,(H,12,13). The number of piperidine rings is 1. The van der Waals surface area contributed by atoms with Crippen LogP contribution in [0.2, 0.25) is 0 Å². The largest absolute Gasteiger partial charge is 0.353 e. The third-order valence-electron chi connectivity index (χ3n) is 3.18. The summed E-state index contributed by atoms with van der Waals surface area (Å²) in [6, 6.07) is 0.505. The van der Waals surface area contributed by atoms with E-state index in [-0.39, 0.29) is 5.91 Å². The maximum Gasteiger partial charge on any atom is 0.220 e. The van der Waals surface area contributed by atoms with E-state index < -0.39 is 0 Å². The highest BCUT2D eigenvalue weighted by molar-refractivity contribution is 5.76. The highest BCUT2D eigenvalue weighted by Crippen LogP contribution is 2.41. The molecule has 0 aromatic carbocycles. The number of amides is 1. The second kappa shape index (κ2) is 3.66. The van der Waals surface area contributed by atoms with Crippen LogP contribution in [-0.4, -0.2) is 25.0 Å². The second-order valence-electron chi connectivity index (χ2n) is 4.18. The van der Waals surface area contributed by atoms with Gasteiger partial charge in [0.1, 0.15) is 0 Å². The number of fused-ring (bicyclic) bond motifs is 1. The molecular formula is C10H18N2O. The Morgan fingerprint density at radius 1 is 1.46 bits per heavy atom. The monoisotopic (exact) mass is 182 g/mol. The molecule has 2 rings (SSSR count). The Labute approximate surface area is 79.3 Å². The lowest BCUT2D eigenvalue weighted by Gasteiger charge is -2.06. The van der Waals surface area contributed by atoms with Crippen molar-refractivity contribution in [2.45, 2.75) is 32.2 Å². The summed E-state index contributed by atoms with van der Waals surface area (Å²) >= 11 is 0. The van der Waals surface area contributed by atoms with Crippen molar-refractivity contribution in [1.29, 1.82) is 0 Å². The van der Waals surface area contributed by atoms with E-state index in [0.717, 1.165) is 37.8 Å². The molecule has 2 N–H and O–H groups in total. The van der Waals surface area contributed by atoms with E-state index in [9.17, 15) is 4.79 Å². The molecule has 1 heterocycles. The maximum absolute atomic E-state index is 11.4. The third-order valence-corrected chi connectivity index (χ3v) is 3.18. The van der Waals surface area contributed by atoms with E-state index in [4.69, 9.17) is 0 Å². The van der Waals surface area contributed by atoms with Gasteiger partial charge in [-0.05, 0) is 18.3 Å². The molecule has 1 saturated carbocycles. The molecule has 3 nitrogen and oxygen atoms in total. The minimum absolute atomic E-state index is 0.251. The molecule has 0 aromatic rings. The summed E-state index contributed by atoms with van der Waals surface area (Å²) in [4.78, 5) is 11.4. The van der Waals surface area contributed by atoms with Gasteiger partial charge in [-0.25, -0.2) is 0 Å². The van der Waals surface area contributed by atoms with Gasteiger partial charge in [-0.3, -0.25) is 4.79 Å². The van der Waals surface area contributed by atoms with Crippen LogP contribution in [0.1, 0.15) is 26.2 Å². The van der Waals surface area contributed by atoms with Crippen LogP contribution in [0.3, 0.4) is 0 Å². The van der Waals surface area contributed by atoms with Gasteiger partial charge >= 0.3 is 0 Å². The van der Waals surface area contributed by atoms with Crippen molar-refractivity contribution in [1.82, 2.24) is 10.6 Å². The summed E-state index contributed by atoms with van der Waals surface area (Å²) in [7, 11) is 0. The Morgan fingerprint density at radius 2 is 2.15 bits per heavy atom. The fourth-order valence-corrected chi connectivity index (χ4v) is 2.23. The zero-order valence-corrected chi connectivity index (χ0v) is 8.18. The molecular weight excluding hydrogens is 164 g/mol. The van der Waals surface area contributed by atoms with Gasteiger partial charge in [-0.15, -0.1) is 0 Å². The van der Waals surface area contributed by atoms with Gasteiger partial charge in [0.05, 0.1) is 0 Å². The smallest absolute Gasteiger partial charge is 0.220 e. The number of nitrogens with one attached hydrogen (secondary N) is 2. The van der Waals surface area contributed by atoms with E-state index in [1.54, 1.807) is 0 Å². The Kier molecular flexibility index (Phi) is 2.54. The molecule has 1 aliphatic carbocycles. The van der Waals surface area contributed by atoms with Crippen molar-refractivity contribution in [2.24, 2.45) is 11.8 Å². The number of rotatable bonds is 4. The molecule has 0 bridgehead atoms. The van der Waals surface area contributed by atoms with E-state index in [2.05, 4.69) is 17.6 Å². The molecule has 0 radical (unpaired) electrons. The first kappa shape index (κ1) is 9.00. The molecule has 2 fully saturated rings. The average Bonchev–Trinajstić information content (AvgIpc) is 2.63. The topological polar surface area (TPSA) is 41.1 Å². The van der Waals surface area contributed by atoms with Crippen molar-refractivity contribution in [2.75, 3.05) is 13.1 Å². The molecule has 1 amide bonds. The van der Waals surface area contributed by atoms with Gasteiger partial charge in [0.2, 0.25) is 5.91 Å². The van der Waals surface area contributed by atoms with Crippen molar-refractivity contribution < 1.29 is 4.79 Å². The van der Waals surface area contributed by atoms with E-state index in [1.165, 1.54) is 0 Å². The van der Waals surface area contributed by atoms with Gasteiger partial charge in [0.15, 0.2) is 0 Å². The van der Waals surface area contributed by atoms with Crippen molar-refractivity contribution in [3.8, 4) is 0 Å². The molecule has 2 unspecified atom stereocenters. The summed E-state index contributed by atoms with van der Waals surface area (Å²) < 4.78 is 0. The van der Waals surface area contributed by atoms with E-state index >= 15 is 0 Å². The highest BCUT2D eigenvalue weighted by Gasteiger charge is 2.53. The quantitative estimate of drug-likeness (QED) is 0.665. The van der Waals surface area contributed by atoms with Crippen LogP contribution in [0.25, 0.3) is 0 Å². The van der Waals surface area contributed by atoms with Gasteiger partial charge in [0.25, 0.3) is 0 Å². The first-order valence-electron chi connectivity index (χ1n) is 5.33. The van der Waals surface area contributed by atoms with Gasteiger partial charge in [-0.1, -0.05) is 13.3 Å². The Hall–Kier alpha value is -0.570. The molecule has 1 aliphatic heterocycles. The summed E-state index contributed by atoms with van der Waals surface area (Å²) in [5.74, 6) is 1.73. The summed E-state index contributed by atoms with van der Waals surface area (Å²) in [5.41, 5.74) is 0. The zero-order valence-electron chi connectivity index (χ0n) is 8.18. The molecule has 1 saturated heterocycles. The van der Waals surface area contributed by atoms with Crippen LogP contribution in [0.4, 0.5) is 0 Å². The van der Waals surface area contributed by atoms with Crippen LogP contribution in [0, 0.1) is 11.8 Å². The summed E-state index contributed by atoms with van der Waals surface area (Å²) in [5, 5.41) is 6.43. The minimum Gasteiger partial charge on any atom is -0.353 e. The number of unbranched alkanes of at least 4 members (excludes halogenated alkanes) is 1. The molecule has 2 atom stereocenters. The Balaban J connectivity index is 1.65. The fourth-order valence-electron chi connectivity index (χ4n) is 2.23. The molecule has 13 heavy (non-hydrogen) atoms. The molecule has 2 aliphatic rings. The average molecular weight is 182 g/mol. The van der Waals surface area contributed by atoms with Crippen LogP contribution in [-0.2, 0) is 4.79 Å². The van der Waals surface area contributed by atoms with Crippen LogP contribution in [0.5, 0.6) is 0 Å². The number of hydrogen-bond acceptors (Lipinski definition) is 2. The second-order valence-corrected chi connectivity index (χ2v) is 4.18. The summed E-state index contributed by atoms with van der Waals surface area (Å²) in [6.07, 6.45) is 2.83.